The van der Waals surface area contributed by atoms with Crippen molar-refractivity contribution in [2.75, 3.05) is 6.54 Å². The molecule has 1 aliphatic heterocycles. The number of carbonyl (C=O) groups excluding carboxylic acids is 3. The van der Waals surface area contributed by atoms with Crippen molar-refractivity contribution >= 4 is 35.1 Å². The molecule has 35 heavy (non-hydrogen) atoms. The summed E-state index contributed by atoms with van der Waals surface area (Å²) in [5.74, 6) is -2.27. The molecule has 10 nitrogen and oxygen atoms in total. The Kier molecular flexibility index (Phi) is 11.1. The highest BCUT2D eigenvalue weighted by atomic mass is 32.1. The summed E-state index contributed by atoms with van der Waals surface area (Å²) < 4.78 is 5.45. The summed E-state index contributed by atoms with van der Waals surface area (Å²) in [5, 5.41) is 20.1. The monoisotopic (exact) mass is 510 g/mol. The molecule has 1 saturated heterocycles. The van der Waals surface area contributed by atoms with Gasteiger partial charge in [0.25, 0.3) is 0 Å². The van der Waals surface area contributed by atoms with Crippen LogP contribution in [0.1, 0.15) is 88.3 Å². The second kappa shape index (κ2) is 13.5. The van der Waals surface area contributed by atoms with Crippen molar-refractivity contribution in [2.45, 2.75) is 91.0 Å². The van der Waals surface area contributed by atoms with Crippen LogP contribution in [0.4, 0.5) is 0 Å². The first-order chi connectivity index (χ1) is 16.5. The average Bonchev–Trinajstić information content (AvgIpc) is 3.31. The number of carboxylic acids is 1. The second-order valence-corrected chi connectivity index (χ2v) is 10.3. The number of esters is 1. The van der Waals surface area contributed by atoms with Gasteiger partial charge in [-0.1, -0.05) is 40.5 Å². The van der Waals surface area contributed by atoms with Crippen molar-refractivity contribution in [1.82, 2.24) is 20.9 Å². The van der Waals surface area contributed by atoms with Gasteiger partial charge in [-0.05, 0) is 31.2 Å². The Bertz CT molecular complexity index is 883. The van der Waals surface area contributed by atoms with Crippen LogP contribution in [0, 0.1) is 11.8 Å². The lowest BCUT2D eigenvalue weighted by molar-refractivity contribution is -0.147. The van der Waals surface area contributed by atoms with Gasteiger partial charge in [0.2, 0.25) is 11.8 Å². The van der Waals surface area contributed by atoms with Gasteiger partial charge in [0.05, 0.1) is 6.04 Å². The van der Waals surface area contributed by atoms with Gasteiger partial charge in [-0.15, -0.1) is 11.3 Å². The molecular weight excluding hydrogens is 472 g/mol. The number of amides is 2. The van der Waals surface area contributed by atoms with Crippen LogP contribution in [-0.2, 0) is 19.1 Å². The molecule has 1 fully saturated rings. The lowest BCUT2D eigenvalue weighted by atomic mass is 9.94. The predicted octanol–water partition coefficient (Wildman–Crippen LogP) is 2.65. The fourth-order valence-corrected chi connectivity index (χ4v) is 4.80. The molecule has 2 amide bonds. The topological polar surface area (TPSA) is 147 Å². The van der Waals surface area contributed by atoms with E-state index < -0.39 is 30.1 Å². The van der Waals surface area contributed by atoms with Gasteiger partial charge in [-0.25, -0.2) is 9.78 Å². The maximum atomic E-state index is 13.4. The highest BCUT2D eigenvalue weighted by Gasteiger charge is 2.33. The van der Waals surface area contributed by atoms with Crippen LogP contribution in [0.3, 0.4) is 0 Å². The first-order valence-corrected chi connectivity index (χ1v) is 13.1. The largest absolute Gasteiger partial charge is 0.476 e. The molecule has 0 saturated carbocycles. The number of rotatable bonds is 12. The van der Waals surface area contributed by atoms with Crippen molar-refractivity contribution in [2.24, 2.45) is 11.8 Å². The molecule has 1 aromatic heterocycles. The number of ether oxygens (including phenoxy) is 1. The minimum Gasteiger partial charge on any atom is -0.476 e. The van der Waals surface area contributed by atoms with Crippen molar-refractivity contribution in [3.05, 3.63) is 16.1 Å². The molecule has 1 aromatic rings. The van der Waals surface area contributed by atoms with Gasteiger partial charge >= 0.3 is 11.9 Å². The van der Waals surface area contributed by atoms with E-state index in [-0.39, 0.29) is 41.8 Å². The smallest absolute Gasteiger partial charge is 0.355 e. The van der Waals surface area contributed by atoms with E-state index in [1.54, 1.807) is 0 Å². The molecule has 0 radical (unpaired) electrons. The van der Waals surface area contributed by atoms with E-state index in [4.69, 9.17) is 4.74 Å². The van der Waals surface area contributed by atoms with Gasteiger partial charge in [0.1, 0.15) is 11.0 Å². The fraction of sp³-hybridized carbons (Fsp3) is 0.708. The lowest BCUT2D eigenvalue weighted by Crippen LogP contribution is -2.57. The second-order valence-electron chi connectivity index (χ2n) is 9.44. The van der Waals surface area contributed by atoms with Crippen LogP contribution in [0.15, 0.2) is 5.38 Å². The van der Waals surface area contributed by atoms with Gasteiger partial charge in [-0.3, -0.25) is 14.4 Å². The minimum absolute atomic E-state index is 0.0239. The number of aromatic nitrogens is 1. The molecule has 0 spiro atoms. The molecule has 0 aromatic carbocycles. The van der Waals surface area contributed by atoms with E-state index in [9.17, 15) is 24.3 Å². The van der Waals surface area contributed by atoms with Crippen molar-refractivity contribution < 1.29 is 29.0 Å². The summed E-state index contributed by atoms with van der Waals surface area (Å²) >= 11 is 1.09. The molecule has 0 aliphatic carbocycles. The Labute approximate surface area is 210 Å². The van der Waals surface area contributed by atoms with Crippen LogP contribution in [0.25, 0.3) is 0 Å². The third-order valence-corrected chi connectivity index (χ3v) is 7.28. The van der Waals surface area contributed by atoms with Crippen LogP contribution in [-0.4, -0.2) is 58.5 Å². The summed E-state index contributed by atoms with van der Waals surface area (Å²) in [5.41, 5.74) is -0.122. The summed E-state index contributed by atoms with van der Waals surface area (Å²) in [6.07, 6.45) is 2.87. The Morgan fingerprint density at radius 1 is 1.23 bits per heavy atom. The molecule has 5 atom stereocenters. The summed E-state index contributed by atoms with van der Waals surface area (Å²) in [4.78, 5) is 53.3. The maximum Gasteiger partial charge on any atom is 0.355 e. The zero-order valence-electron chi connectivity index (χ0n) is 21.1. The van der Waals surface area contributed by atoms with Crippen molar-refractivity contribution in [3.8, 4) is 0 Å². The van der Waals surface area contributed by atoms with Gasteiger partial charge in [0, 0.05) is 24.8 Å². The van der Waals surface area contributed by atoms with Crippen LogP contribution < -0.4 is 16.0 Å². The molecule has 2 rings (SSSR count). The number of nitrogens with zero attached hydrogens (tertiary/aromatic N) is 1. The summed E-state index contributed by atoms with van der Waals surface area (Å²) in [6.45, 7) is 9.82. The average molecular weight is 511 g/mol. The third kappa shape index (κ3) is 8.57. The van der Waals surface area contributed by atoms with E-state index in [1.807, 2.05) is 27.7 Å². The molecule has 0 bridgehead atoms. The Morgan fingerprint density at radius 3 is 2.46 bits per heavy atom. The van der Waals surface area contributed by atoms with Gasteiger partial charge in [-0.2, -0.15) is 0 Å². The number of hydrogen-bond donors (Lipinski definition) is 4. The van der Waals surface area contributed by atoms with Gasteiger partial charge in [0.15, 0.2) is 11.8 Å². The number of aromatic carboxylic acids is 1. The molecule has 4 N–H and O–H groups in total. The molecule has 1 aliphatic rings. The molecule has 11 heteroatoms. The number of carbonyl (C=O) groups is 4. The van der Waals surface area contributed by atoms with E-state index in [0.29, 0.717) is 11.4 Å². The number of nitrogens with one attached hydrogen (secondary N) is 3. The standard InChI is InChI=1S/C24H38N4O6S/c1-6-14(4)20(28-21(30)16-9-7-8-10-25-16)22(31)26-17(13(2)3)11-19(34-15(5)29)23-27-18(12-35-23)24(32)33/h12-14,16-17,19-20,25H,6-11H2,1-5H3,(H,26,31)(H,28,30)(H,32,33)/t14-,16+,17+,19+,20-/m0/s1. The van der Waals surface area contributed by atoms with Crippen molar-refractivity contribution in [3.63, 3.8) is 0 Å². The molecule has 2 heterocycles. The van der Waals surface area contributed by atoms with E-state index in [0.717, 1.165) is 37.1 Å². The first-order valence-electron chi connectivity index (χ1n) is 12.2. The normalized spacial score (nSPS) is 19.3. The first kappa shape index (κ1) is 28.7. The fourth-order valence-electron chi connectivity index (χ4n) is 3.97. The number of carboxylic acid groups (broad SMARTS) is 1. The van der Waals surface area contributed by atoms with E-state index >= 15 is 0 Å². The SMILES string of the molecule is CC[C@H](C)[C@H](NC(=O)[C@H]1CCCCN1)C(=O)N[C@H](C[C@@H](OC(C)=O)c1nc(C(=O)O)cs1)C(C)C. The zero-order valence-corrected chi connectivity index (χ0v) is 21.9. The Balaban J connectivity index is 2.17. The number of thiazole rings is 1. The van der Waals surface area contributed by atoms with Crippen LogP contribution >= 0.6 is 11.3 Å². The van der Waals surface area contributed by atoms with Gasteiger partial charge < -0.3 is 25.8 Å². The van der Waals surface area contributed by atoms with Crippen LogP contribution in [0.5, 0.6) is 0 Å². The third-order valence-electron chi connectivity index (χ3n) is 6.35. The zero-order chi connectivity index (χ0) is 26.1. The Hall–Kier alpha value is -2.53. The minimum atomic E-state index is -1.16. The molecular formula is C24H38N4O6S. The van der Waals surface area contributed by atoms with E-state index in [2.05, 4.69) is 20.9 Å². The quantitative estimate of drug-likeness (QED) is 0.314. The molecule has 0 unspecified atom stereocenters. The summed E-state index contributed by atoms with van der Waals surface area (Å²) in [7, 11) is 0. The number of hydrogen-bond acceptors (Lipinski definition) is 8. The molecule has 196 valence electrons. The maximum absolute atomic E-state index is 13.4. The van der Waals surface area contributed by atoms with Crippen molar-refractivity contribution in [1.29, 1.82) is 0 Å². The highest BCUT2D eigenvalue weighted by molar-refractivity contribution is 7.09. The van der Waals surface area contributed by atoms with E-state index in [1.165, 1.54) is 12.3 Å². The lowest BCUT2D eigenvalue weighted by Gasteiger charge is -2.31. The number of piperidine rings is 1. The summed E-state index contributed by atoms with van der Waals surface area (Å²) in [6, 6.07) is -1.41. The predicted molar refractivity (Wildman–Crippen MR) is 132 cm³/mol. The highest BCUT2D eigenvalue weighted by Crippen LogP contribution is 2.28. The Morgan fingerprint density at radius 2 is 1.94 bits per heavy atom. The van der Waals surface area contributed by atoms with Crippen LogP contribution in [0.2, 0.25) is 0 Å².